The molecule has 7 nitrogen and oxygen atoms in total. The molecule has 0 saturated carbocycles. The van der Waals surface area contributed by atoms with Crippen LogP contribution >= 0.6 is 11.6 Å². The van der Waals surface area contributed by atoms with Gasteiger partial charge in [0.05, 0.1) is 11.2 Å². The molecule has 0 aliphatic carbocycles. The van der Waals surface area contributed by atoms with Crippen molar-refractivity contribution in [2.45, 2.75) is 0 Å². The van der Waals surface area contributed by atoms with Gasteiger partial charge in [-0.2, -0.15) is 0 Å². The first kappa shape index (κ1) is 14.0. The van der Waals surface area contributed by atoms with E-state index >= 15 is 0 Å². The van der Waals surface area contributed by atoms with Crippen LogP contribution in [0.2, 0.25) is 5.02 Å². The molecule has 2 heterocycles. The number of furan rings is 1. The fourth-order valence-electron chi connectivity index (χ4n) is 1.83. The van der Waals surface area contributed by atoms with Crippen molar-refractivity contribution in [3.63, 3.8) is 0 Å². The normalized spacial score (nSPS) is 15.8. The molecule has 0 radical (unpaired) electrons. The van der Waals surface area contributed by atoms with Gasteiger partial charge in [0.15, 0.2) is 5.70 Å². The molecule has 110 valence electrons. The molecule has 0 amide bonds. The SMILES string of the molecule is O=C1OC(c2ccc(Cl)c([N+](=O)[O-])c2)=N/C1=C\c1ccco1. The second-order valence-corrected chi connectivity index (χ2v) is 4.68. The van der Waals surface area contributed by atoms with E-state index in [1.807, 2.05) is 0 Å². The van der Waals surface area contributed by atoms with Crippen LogP contribution in [-0.2, 0) is 9.53 Å². The Morgan fingerprint density at radius 1 is 1.32 bits per heavy atom. The van der Waals surface area contributed by atoms with Crippen molar-refractivity contribution < 1.29 is 18.9 Å². The van der Waals surface area contributed by atoms with Gasteiger partial charge in [0.1, 0.15) is 10.8 Å². The molecule has 3 rings (SSSR count). The van der Waals surface area contributed by atoms with Gasteiger partial charge in [-0.1, -0.05) is 11.6 Å². The highest BCUT2D eigenvalue weighted by Crippen LogP contribution is 2.27. The zero-order chi connectivity index (χ0) is 15.7. The standard InChI is InChI=1S/C14H7ClN2O5/c15-10-4-3-8(6-12(10)17(19)20)13-16-11(14(18)22-13)7-9-2-1-5-21-9/h1-7H/b11-7-. The zero-order valence-corrected chi connectivity index (χ0v) is 11.6. The van der Waals surface area contributed by atoms with Crippen molar-refractivity contribution in [2.75, 3.05) is 0 Å². The molecule has 1 aliphatic rings. The van der Waals surface area contributed by atoms with Gasteiger partial charge in [0.25, 0.3) is 5.69 Å². The Morgan fingerprint density at radius 2 is 2.14 bits per heavy atom. The Balaban J connectivity index is 1.98. The summed E-state index contributed by atoms with van der Waals surface area (Å²) in [5.41, 5.74) is 0.0382. The van der Waals surface area contributed by atoms with E-state index in [2.05, 4.69) is 4.99 Å². The number of hydrogen-bond donors (Lipinski definition) is 0. The average Bonchev–Trinajstić information content (AvgIpc) is 3.10. The Labute approximate surface area is 128 Å². The fraction of sp³-hybridized carbons (Fsp3) is 0. The van der Waals surface area contributed by atoms with E-state index in [-0.39, 0.29) is 27.9 Å². The molecule has 0 atom stereocenters. The lowest BCUT2D eigenvalue weighted by Gasteiger charge is -2.00. The number of rotatable bonds is 3. The summed E-state index contributed by atoms with van der Waals surface area (Å²) in [6, 6.07) is 7.35. The van der Waals surface area contributed by atoms with Crippen LogP contribution in [0.3, 0.4) is 0 Å². The van der Waals surface area contributed by atoms with Gasteiger partial charge >= 0.3 is 5.97 Å². The molecule has 0 N–H and O–H groups in total. The van der Waals surface area contributed by atoms with Gasteiger partial charge < -0.3 is 9.15 Å². The summed E-state index contributed by atoms with van der Waals surface area (Å²) >= 11 is 5.74. The molecule has 0 bridgehead atoms. The molecule has 0 fully saturated rings. The first-order valence-corrected chi connectivity index (χ1v) is 6.43. The predicted octanol–water partition coefficient (Wildman–Crippen LogP) is 3.19. The van der Waals surface area contributed by atoms with Crippen LogP contribution in [-0.4, -0.2) is 16.8 Å². The summed E-state index contributed by atoms with van der Waals surface area (Å²) in [5, 5.41) is 10.9. The van der Waals surface area contributed by atoms with Crippen LogP contribution in [0.1, 0.15) is 11.3 Å². The van der Waals surface area contributed by atoms with Crippen molar-refractivity contribution in [3.05, 3.63) is 68.8 Å². The molecule has 1 aromatic heterocycles. The molecular formula is C14H7ClN2O5. The number of cyclic esters (lactones) is 1. The summed E-state index contributed by atoms with van der Waals surface area (Å²) in [7, 11) is 0. The minimum atomic E-state index is -0.663. The quantitative estimate of drug-likeness (QED) is 0.375. The summed E-state index contributed by atoms with van der Waals surface area (Å²) in [6.45, 7) is 0. The number of hydrogen-bond acceptors (Lipinski definition) is 6. The van der Waals surface area contributed by atoms with E-state index in [1.165, 1.54) is 30.5 Å². The number of nitrogens with zero attached hydrogens (tertiary/aromatic N) is 2. The molecule has 1 aliphatic heterocycles. The third-order valence-corrected chi connectivity index (χ3v) is 3.15. The topological polar surface area (TPSA) is 94.9 Å². The summed E-state index contributed by atoms with van der Waals surface area (Å²) in [4.78, 5) is 26.0. The molecular weight excluding hydrogens is 312 g/mol. The number of carbonyl (C=O) groups is 1. The minimum absolute atomic E-state index is 0.00924. The number of nitro benzene ring substituents is 1. The van der Waals surface area contributed by atoms with Crippen LogP contribution in [0.4, 0.5) is 5.69 Å². The first-order valence-electron chi connectivity index (χ1n) is 6.05. The van der Waals surface area contributed by atoms with E-state index in [9.17, 15) is 14.9 Å². The fourth-order valence-corrected chi connectivity index (χ4v) is 2.01. The van der Waals surface area contributed by atoms with Crippen molar-refractivity contribution in [1.29, 1.82) is 0 Å². The first-order chi connectivity index (χ1) is 10.5. The number of nitro groups is 1. The Hall–Kier alpha value is -2.93. The molecule has 0 saturated heterocycles. The smallest absolute Gasteiger partial charge is 0.363 e. The maximum absolute atomic E-state index is 11.8. The van der Waals surface area contributed by atoms with E-state index in [0.29, 0.717) is 5.76 Å². The van der Waals surface area contributed by atoms with Crippen molar-refractivity contribution in [1.82, 2.24) is 0 Å². The molecule has 22 heavy (non-hydrogen) atoms. The van der Waals surface area contributed by atoms with Gasteiger partial charge in [-0.05, 0) is 24.3 Å². The Bertz CT molecular complexity index is 824. The highest BCUT2D eigenvalue weighted by atomic mass is 35.5. The van der Waals surface area contributed by atoms with E-state index in [1.54, 1.807) is 12.1 Å². The lowest BCUT2D eigenvalue weighted by atomic mass is 10.2. The van der Waals surface area contributed by atoms with E-state index in [4.69, 9.17) is 20.8 Å². The van der Waals surface area contributed by atoms with Crippen molar-refractivity contribution >= 4 is 35.2 Å². The number of ether oxygens (including phenoxy) is 1. The van der Waals surface area contributed by atoms with Gasteiger partial charge in [-0.3, -0.25) is 10.1 Å². The minimum Gasteiger partial charge on any atom is -0.465 e. The van der Waals surface area contributed by atoms with Crippen molar-refractivity contribution in [3.8, 4) is 0 Å². The van der Waals surface area contributed by atoms with Crippen LogP contribution in [0.25, 0.3) is 6.08 Å². The molecule has 8 heteroatoms. The van der Waals surface area contributed by atoms with E-state index in [0.717, 1.165) is 0 Å². The van der Waals surface area contributed by atoms with Crippen LogP contribution < -0.4 is 0 Å². The predicted molar refractivity (Wildman–Crippen MR) is 77.4 cm³/mol. The maximum atomic E-state index is 11.8. The van der Waals surface area contributed by atoms with E-state index < -0.39 is 10.9 Å². The highest BCUT2D eigenvalue weighted by Gasteiger charge is 2.26. The zero-order valence-electron chi connectivity index (χ0n) is 10.9. The van der Waals surface area contributed by atoms with Gasteiger partial charge in [-0.25, -0.2) is 9.79 Å². The molecule has 0 spiro atoms. The largest absolute Gasteiger partial charge is 0.465 e. The number of halogens is 1. The number of aliphatic imine (C=N–C) groups is 1. The van der Waals surface area contributed by atoms with Gasteiger partial charge in [0.2, 0.25) is 5.90 Å². The highest BCUT2D eigenvalue weighted by molar-refractivity contribution is 6.32. The Morgan fingerprint density at radius 3 is 2.82 bits per heavy atom. The molecule has 1 aromatic carbocycles. The summed E-state index contributed by atoms with van der Waals surface area (Å²) < 4.78 is 10.1. The van der Waals surface area contributed by atoms with Crippen LogP contribution in [0.5, 0.6) is 0 Å². The number of carbonyl (C=O) groups excluding carboxylic acids is 1. The summed E-state index contributed by atoms with van der Waals surface area (Å²) in [5.74, 6) is -0.245. The third-order valence-electron chi connectivity index (χ3n) is 2.83. The van der Waals surface area contributed by atoms with Crippen LogP contribution in [0, 0.1) is 10.1 Å². The molecule has 2 aromatic rings. The number of benzene rings is 1. The maximum Gasteiger partial charge on any atom is 0.363 e. The Kier molecular flexibility index (Phi) is 3.48. The molecule has 0 unspecified atom stereocenters. The van der Waals surface area contributed by atoms with Gasteiger partial charge in [0, 0.05) is 17.7 Å². The monoisotopic (exact) mass is 318 g/mol. The summed E-state index contributed by atoms with van der Waals surface area (Å²) in [6.07, 6.45) is 2.87. The number of esters is 1. The second-order valence-electron chi connectivity index (χ2n) is 4.27. The second kappa shape index (κ2) is 5.45. The average molecular weight is 319 g/mol. The van der Waals surface area contributed by atoms with Crippen molar-refractivity contribution in [2.24, 2.45) is 4.99 Å². The van der Waals surface area contributed by atoms with Gasteiger partial charge in [-0.15, -0.1) is 0 Å². The lowest BCUT2D eigenvalue weighted by molar-refractivity contribution is -0.384. The lowest BCUT2D eigenvalue weighted by Crippen LogP contribution is -2.06. The third kappa shape index (κ3) is 2.61. The van der Waals surface area contributed by atoms with Crippen LogP contribution in [0.15, 0.2) is 51.7 Å².